The molecule has 5 heteroatoms. The molecule has 2 amide bonds. The molecule has 4 nitrogen and oxygen atoms in total. The van der Waals surface area contributed by atoms with Gasteiger partial charge < -0.3 is 10.6 Å². The lowest BCUT2D eigenvalue weighted by atomic mass is 10.1. The molecule has 2 rings (SSSR count). The predicted octanol–water partition coefficient (Wildman–Crippen LogP) is 2.82. The molecule has 110 valence electrons. The fourth-order valence-electron chi connectivity index (χ4n) is 2.00. The van der Waals surface area contributed by atoms with Gasteiger partial charge in [0.2, 0.25) is 0 Å². The number of benzene rings is 1. The summed E-state index contributed by atoms with van der Waals surface area (Å²) in [5.41, 5.74) is 1.85. The standard InChI is InChI=1S/C16H18FN3O/c1-12(14-6-8-18-9-7-14)20-16(21)19-10-5-13-3-2-4-15(17)11-13/h2-4,6-9,11-12H,5,10H2,1H3,(H2,19,20,21)/t12-/m0/s1. The van der Waals surface area contributed by atoms with Crippen molar-refractivity contribution in [2.45, 2.75) is 19.4 Å². The summed E-state index contributed by atoms with van der Waals surface area (Å²) in [6.45, 7) is 2.36. The van der Waals surface area contributed by atoms with Crippen molar-refractivity contribution in [1.82, 2.24) is 15.6 Å². The molecule has 1 aromatic carbocycles. The first-order valence-electron chi connectivity index (χ1n) is 6.84. The molecule has 2 aromatic rings. The molecule has 0 saturated carbocycles. The monoisotopic (exact) mass is 287 g/mol. The maximum atomic E-state index is 13.0. The molecule has 0 aliphatic carbocycles. The molecule has 1 heterocycles. The quantitative estimate of drug-likeness (QED) is 0.888. The first kappa shape index (κ1) is 15.0. The Kier molecular flexibility index (Phi) is 5.26. The minimum Gasteiger partial charge on any atom is -0.338 e. The van der Waals surface area contributed by atoms with Crippen molar-refractivity contribution in [3.05, 3.63) is 65.7 Å². The number of hydrogen-bond acceptors (Lipinski definition) is 2. The number of carbonyl (C=O) groups is 1. The van der Waals surface area contributed by atoms with Crippen molar-refractivity contribution in [3.8, 4) is 0 Å². The molecule has 0 unspecified atom stereocenters. The lowest BCUT2D eigenvalue weighted by Gasteiger charge is -2.14. The number of amides is 2. The van der Waals surface area contributed by atoms with Crippen LogP contribution in [0.2, 0.25) is 0 Å². The third-order valence-electron chi connectivity index (χ3n) is 3.14. The van der Waals surface area contributed by atoms with Crippen LogP contribution in [0.15, 0.2) is 48.8 Å². The zero-order chi connectivity index (χ0) is 15.1. The Bertz CT molecular complexity index is 589. The number of nitrogens with zero attached hydrogens (tertiary/aromatic N) is 1. The van der Waals surface area contributed by atoms with Gasteiger partial charge in [0.1, 0.15) is 5.82 Å². The number of pyridine rings is 1. The van der Waals surface area contributed by atoms with Gasteiger partial charge in [-0.15, -0.1) is 0 Å². The molecule has 0 spiro atoms. The molecule has 0 aliphatic heterocycles. The van der Waals surface area contributed by atoms with Crippen molar-refractivity contribution in [1.29, 1.82) is 0 Å². The van der Waals surface area contributed by atoms with Gasteiger partial charge in [-0.2, -0.15) is 0 Å². The average Bonchev–Trinajstić information content (AvgIpc) is 2.48. The summed E-state index contributed by atoms with van der Waals surface area (Å²) >= 11 is 0. The summed E-state index contributed by atoms with van der Waals surface area (Å²) in [6, 6.07) is 9.76. The van der Waals surface area contributed by atoms with Crippen LogP contribution in [0.1, 0.15) is 24.1 Å². The van der Waals surface area contributed by atoms with Crippen LogP contribution in [0.25, 0.3) is 0 Å². The van der Waals surface area contributed by atoms with E-state index in [4.69, 9.17) is 0 Å². The zero-order valence-electron chi connectivity index (χ0n) is 11.8. The van der Waals surface area contributed by atoms with E-state index in [-0.39, 0.29) is 17.9 Å². The minimum absolute atomic E-state index is 0.0952. The normalized spacial score (nSPS) is 11.7. The van der Waals surface area contributed by atoms with E-state index in [1.807, 2.05) is 25.1 Å². The van der Waals surface area contributed by atoms with E-state index in [0.717, 1.165) is 11.1 Å². The molecule has 0 aliphatic rings. The Morgan fingerprint density at radius 1 is 1.29 bits per heavy atom. The van der Waals surface area contributed by atoms with Crippen LogP contribution in [0.5, 0.6) is 0 Å². The summed E-state index contributed by atoms with van der Waals surface area (Å²) in [5.74, 6) is -0.261. The highest BCUT2D eigenvalue weighted by molar-refractivity contribution is 5.74. The maximum absolute atomic E-state index is 13.0. The van der Waals surface area contributed by atoms with Gasteiger partial charge in [-0.25, -0.2) is 9.18 Å². The van der Waals surface area contributed by atoms with Gasteiger partial charge in [0.25, 0.3) is 0 Å². The summed E-state index contributed by atoms with van der Waals surface area (Å²) in [6.07, 6.45) is 3.97. The maximum Gasteiger partial charge on any atom is 0.315 e. The highest BCUT2D eigenvalue weighted by atomic mass is 19.1. The second kappa shape index (κ2) is 7.38. The summed E-state index contributed by atoms with van der Waals surface area (Å²) in [7, 11) is 0. The molecule has 21 heavy (non-hydrogen) atoms. The van der Waals surface area contributed by atoms with Gasteiger partial charge in [0.15, 0.2) is 0 Å². The van der Waals surface area contributed by atoms with Crippen LogP contribution in [0, 0.1) is 5.82 Å². The summed E-state index contributed by atoms with van der Waals surface area (Å²) in [5, 5.41) is 5.61. The second-order valence-electron chi connectivity index (χ2n) is 4.78. The molecular weight excluding hydrogens is 269 g/mol. The Hall–Kier alpha value is -2.43. The van der Waals surface area contributed by atoms with Gasteiger partial charge in [-0.1, -0.05) is 12.1 Å². The van der Waals surface area contributed by atoms with E-state index in [1.165, 1.54) is 12.1 Å². The number of aromatic nitrogens is 1. The topological polar surface area (TPSA) is 54.0 Å². The molecule has 1 atom stereocenters. The third kappa shape index (κ3) is 4.87. The third-order valence-corrected chi connectivity index (χ3v) is 3.14. The van der Waals surface area contributed by atoms with Crippen LogP contribution in [0.4, 0.5) is 9.18 Å². The molecule has 0 fully saturated rings. The number of halogens is 1. The lowest BCUT2D eigenvalue weighted by Crippen LogP contribution is -2.38. The Balaban J connectivity index is 1.75. The predicted molar refractivity (Wildman–Crippen MR) is 79.3 cm³/mol. The van der Waals surface area contributed by atoms with Gasteiger partial charge in [0, 0.05) is 18.9 Å². The minimum atomic E-state index is -0.261. The Morgan fingerprint density at radius 3 is 2.76 bits per heavy atom. The highest BCUT2D eigenvalue weighted by Gasteiger charge is 2.08. The highest BCUT2D eigenvalue weighted by Crippen LogP contribution is 2.09. The Labute approximate surface area is 123 Å². The average molecular weight is 287 g/mol. The molecule has 2 N–H and O–H groups in total. The van der Waals surface area contributed by atoms with Crippen molar-refractivity contribution in [3.63, 3.8) is 0 Å². The van der Waals surface area contributed by atoms with Crippen molar-refractivity contribution < 1.29 is 9.18 Å². The Morgan fingerprint density at radius 2 is 2.05 bits per heavy atom. The van der Waals surface area contributed by atoms with Gasteiger partial charge >= 0.3 is 6.03 Å². The van der Waals surface area contributed by atoms with Crippen LogP contribution >= 0.6 is 0 Å². The van der Waals surface area contributed by atoms with Crippen LogP contribution in [-0.2, 0) is 6.42 Å². The van der Waals surface area contributed by atoms with Crippen molar-refractivity contribution in [2.75, 3.05) is 6.54 Å². The first-order valence-corrected chi connectivity index (χ1v) is 6.84. The molecule has 0 saturated heterocycles. The summed E-state index contributed by atoms with van der Waals surface area (Å²) < 4.78 is 13.0. The van der Waals surface area contributed by atoms with E-state index >= 15 is 0 Å². The van der Waals surface area contributed by atoms with Crippen molar-refractivity contribution in [2.24, 2.45) is 0 Å². The van der Waals surface area contributed by atoms with Crippen LogP contribution in [0.3, 0.4) is 0 Å². The zero-order valence-corrected chi connectivity index (χ0v) is 11.8. The van der Waals surface area contributed by atoms with Gasteiger partial charge in [0.05, 0.1) is 6.04 Å². The number of nitrogens with one attached hydrogen (secondary N) is 2. The van der Waals surface area contributed by atoms with E-state index in [1.54, 1.807) is 18.5 Å². The smallest absolute Gasteiger partial charge is 0.315 e. The van der Waals surface area contributed by atoms with E-state index < -0.39 is 0 Å². The SMILES string of the molecule is C[C@H](NC(=O)NCCc1cccc(F)c1)c1ccncc1. The number of urea groups is 1. The van der Waals surface area contributed by atoms with E-state index in [2.05, 4.69) is 15.6 Å². The number of carbonyl (C=O) groups excluding carboxylic acids is 1. The lowest BCUT2D eigenvalue weighted by molar-refractivity contribution is 0.238. The fraction of sp³-hybridized carbons (Fsp3) is 0.250. The molecule has 1 aromatic heterocycles. The fourth-order valence-corrected chi connectivity index (χ4v) is 2.00. The largest absolute Gasteiger partial charge is 0.338 e. The number of rotatable bonds is 5. The first-order chi connectivity index (χ1) is 10.1. The van der Waals surface area contributed by atoms with Crippen LogP contribution in [-0.4, -0.2) is 17.6 Å². The van der Waals surface area contributed by atoms with Gasteiger partial charge in [-0.3, -0.25) is 4.98 Å². The van der Waals surface area contributed by atoms with Gasteiger partial charge in [-0.05, 0) is 48.7 Å². The van der Waals surface area contributed by atoms with E-state index in [9.17, 15) is 9.18 Å². The number of hydrogen-bond donors (Lipinski definition) is 2. The van der Waals surface area contributed by atoms with Crippen molar-refractivity contribution >= 4 is 6.03 Å². The molecule has 0 radical (unpaired) electrons. The summed E-state index contributed by atoms with van der Waals surface area (Å²) in [4.78, 5) is 15.7. The second-order valence-corrected chi connectivity index (χ2v) is 4.78. The molecular formula is C16H18FN3O. The molecule has 0 bridgehead atoms. The van der Waals surface area contributed by atoms with E-state index in [0.29, 0.717) is 13.0 Å². The van der Waals surface area contributed by atoms with Crippen LogP contribution < -0.4 is 10.6 Å².